The van der Waals surface area contributed by atoms with Crippen LogP contribution in [-0.4, -0.2) is 37.0 Å². The van der Waals surface area contributed by atoms with E-state index < -0.39 is 6.10 Å². The SMILES string of the molecule is CC1Oc2ccccc2N(CCC(=O)NC2CCCCC2CN)C1=O. The van der Waals surface area contributed by atoms with Crippen molar-refractivity contribution in [3.05, 3.63) is 24.3 Å². The van der Waals surface area contributed by atoms with E-state index in [4.69, 9.17) is 10.5 Å². The van der Waals surface area contributed by atoms with Crippen LogP contribution < -0.4 is 20.7 Å². The molecule has 1 aromatic rings. The molecule has 0 saturated heterocycles. The van der Waals surface area contributed by atoms with Crippen LogP contribution in [0, 0.1) is 5.92 Å². The zero-order valence-corrected chi connectivity index (χ0v) is 14.7. The van der Waals surface area contributed by atoms with Gasteiger partial charge in [-0.25, -0.2) is 0 Å². The summed E-state index contributed by atoms with van der Waals surface area (Å²) in [6.07, 6.45) is 4.14. The number of anilines is 1. The van der Waals surface area contributed by atoms with Crippen LogP contribution in [0.15, 0.2) is 24.3 Å². The summed E-state index contributed by atoms with van der Waals surface area (Å²) in [5, 5.41) is 3.12. The summed E-state index contributed by atoms with van der Waals surface area (Å²) in [5.74, 6) is 0.924. The summed E-state index contributed by atoms with van der Waals surface area (Å²) >= 11 is 0. The summed E-state index contributed by atoms with van der Waals surface area (Å²) in [6.45, 7) is 2.70. The van der Waals surface area contributed by atoms with Crippen molar-refractivity contribution >= 4 is 17.5 Å². The minimum absolute atomic E-state index is 0.0187. The number of rotatable bonds is 5. The Hall–Kier alpha value is -2.08. The van der Waals surface area contributed by atoms with Crippen LogP contribution in [-0.2, 0) is 9.59 Å². The number of hydrogen-bond donors (Lipinski definition) is 2. The van der Waals surface area contributed by atoms with Gasteiger partial charge in [0.1, 0.15) is 5.75 Å². The quantitative estimate of drug-likeness (QED) is 0.852. The predicted molar refractivity (Wildman–Crippen MR) is 96.4 cm³/mol. The molecule has 1 heterocycles. The van der Waals surface area contributed by atoms with Crippen LogP contribution in [0.2, 0.25) is 0 Å². The van der Waals surface area contributed by atoms with E-state index in [0.717, 1.165) is 24.9 Å². The van der Waals surface area contributed by atoms with Crippen LogP contribution in [0.1, 0.15) is 39.0 Å². The van der Waals surface area contributed by atoms with Gasteiger partial charge in [-0.05, 0) is 44.4 Å². The minimum atomic E-state index is -0.530. The van der Waals surface area contributed by atoms with Crippen molar-refractivity contribution in [1.29, 1.82) is 0 Å². The fraction of sp³-hybridized carbons (Fsp3) is 0.579. The first kappa shape index (κ1) is 17.7. The Labute approximate surface area is 148 Å². The van der Waals surface area contributed by atoms with Gasteiger partial charge in [-0.3, -0.25) is 9.59 Å². The number of para-hydroxylation sites is 2. The van der Waals surface area contributed by atoms with Gasteiger partial charge in [-0.2, -0.15) is 0 Å². The summed E-state index contributed by atoms with van der Waals surface area (Å²) in [4.78, 5) is 26.5. The summed E-state index contributed by atoms with van der Waals surface area (Å²) in [7, 11) is 0. The maximum Gasteiger partial charge on any atom is 0.267 e. The van der Waals surface area contributed by atoms with E-state index in [1.165, 1.54) is 6.42 Å². The van der Waals surface area contributed by atoms with Gasteiger partial charge in [-0.15, -0.1) is 0 Å². The number of carbonyl (C=O) groups excluding carboxylic acids is 2. The van der Waals surface area contributed by atoms with Gasteiger partial charge in [-0.1, -0.05) is 25.0 Å². The molecular formula is C19H27N3O3. The highest BCUT2D eigenvalue weighted by Crippen LogP contribution is 2.33. The molecule has 0 radical (unpaired) electrons. The number of nitrogens with one attached hydrogen (secondary N) is 1. The molecular weight excluding hydrogens is 318 g/mol. The highest BCUT2D eigenvalue weighted by Gasteiger charge is 2.32. The first-order chi connectivity index (χ1) is 12.1. The number of nitrogens with zero attached hydrogens (tertiary/aromatic N) is 1. The normalized spacial score (nSPS) is 25.9. The fourth-order valence-corrected chi connectivity index (χ4v) is 3.76. The Balaban J connectivity index is 1.60. The number of carbonyl (C=O) groups is 2. The van der Waals surface area contributed by atoms with E-state index in [1.807, 2.05) is 24.3 Å². The Morgan fingerprint density at radius 2 is 2.08 bits per heavy atom. The van der Waals surface area contributed by atoms with Crippen molar-refractivity contribution in [1.82, 2.24) is 5.32 Å². The van der Waals surface area contributed by atoms with E-state index in [9.17, 15) is 9.59 Å². The molecule has 1 saturated carbocycles. The number of ether oxygens (including phenoxy) is 1. The fourth-order valence-electron chi connectivity index (χ4n) is 3.76. The van der Waals surface area contributed by atoms with Gasteiger partial charge in [0.15, 0.2) is 6.10 Å². The molecule has 0 aromatic heterocycles. The molecule has 2 aliphatic rings. The second-order valence-corrected chi connectivity index (χ2v) is 6.92. The topological polar surface area (TPSA) is 84.7 Å². The van der Waals surface area contributed by atoms with Gasteiger partial charge in [0.2, 0.25) is 5.91 Å². The zero-order valence-electron chi connectivity index (χ0n) is 14.7. The monoisotopic (exact) mass is 345 g/mol. The first-order valence-electron chi connectivity index (χ1n) is 9.16. The van der Waals surface area contributed by atoms with E-state index in [1.54, 1.807) is 11.8 Å². The molecule has 136 valence electrons. The van der Waals surface area contributed by atoms with Crippen LogP contribution in [0.25, 0.3) is 0 Å². The molecule has 3 atom stereocenters. The van der Waals surface area contributed by atoms with Gasteiger partial charge in [0.25, 0.3) is 5.91 Å². The number of hydrogen-bond acceptors (Lipinski definition) is 4. The van der Waals surface area contributed by atoms with E-state index in [0.29, 0.717) is 24.8 Å². The molecule has 1 aromatic carbocycles. The minimum Gasteiger partial charge on any atom is -0.479 e. The molecule has 3 unspecified atom stereocenters. The predicted octanol–water partition coefficient (Wildman–Crippen LogP) is 1.82. The standard InChI is InChI=1S/C19H27N3O3/c1-13-19(24)22(16-8-4-5-9-17(16)25-13)11-10-18(23)21-15-7-3-2-6-14(15)12-20/h4-5,8-9,13-15H,2-3,6-7,10-12,20H2,1H3,(H,21,23). The molecule has 1 aliphatic heterocycles. The molecule has 1 fully saturated rings. The van der Waals surface area contributed by atoms with E-state index in [2.05, 4.69) is 5.32 Å². The Bertz CT molecular complexity index is 634. The molecule has 6 nitrogen and oxygen atoms in total. The molecule has 0 bridgehead atoms. The third-order valence-electron chi connectivity index (χ3n) is 5.19. The molecule has 3 N–H and O–H groups in total. The average molecular weight is 345 g/mol. The summed E-state index contributed by atoms with van der Waals surface area (Å²) in [5.41, 5.74) is 6.56. The third-order valence-corrected chi connectivity index (χ3v) is 5.19. The Morgan fingerprint density at radius 1 is 1.32 bits per heavy atom. The van der Waals surface area contributed by atoms with Crippen molar-refractivity contribution in [2.24, 2.45) is 11.7 Å². The lowest BCUT2D eigenvalue weighted by Crippen LogP contribution is -2.48. The second-order valence-electron chi connectivity index (χ2n) is 6.92. The second kappa shape index (κ2) is 7.87. The lowest BCUT2D eigenvalue weighted by Gasteiger charge is -2.34. The van der Waals surface area contributed by atoms with Gasteiger partial charge in [0, 0.05) is 19.0 Å². The maximum absolute atomic E-state index is 12.4. The third kappa shape index (κ3) is 3.95. The summed E-state index contributed by atoms with van der Waals surface area (Å²) in [6, 6.07) is 7.61. The molecule has 6 heteroatoms. The largest absolute Gasteiger partial charge is 0.479 e. The van der Waals surface area contributed by atoms with Crippen molar-refractivity contribution in [3.63, 3.8) is 0 Å². The maximum atomic E-state index is 12.4. The lowest BCUT2D eigenvalue weighted by atomic mass is 9.84. The van der Waals surface area contributed by atoms with Crippen LogP contribution in [0.5, 0.6) is 5.75 Å². The average Bonchev–Trinajstić information content (AvgIpc) is 2.62. The van der Waals surface area contributed by atoms with Gasteiger partial charge >= 0.3 is 0 Å². The lowest BCUT2D eigenvalue weighted by molar-refractivity contribution is -0.125. The van der Waals surface area contributed by atoms with Crippen molar-refractivity contribution in [2.45, 2.75) is 51.2 Å². The van der Waals surface area contributed by atoms with Crippen LogP contribution >= 0.6 is 0 Å². The Kier molecular flexibility index (Phi) is 5.58. The van der Waals surface area contributed by atoms with Crippen molar-refractivity contribution in [3.8, 4) is 5.75 Å². The number of benzene rings is 1. The molecule has 2 amide bonds. The van der Waals surface area contributed by atoms with Crippen LogP contribution in [0.4, 0.5) is 5.69 Å². The molecule has 0 spiro atoms. The number of fused-ring (bicyclic) bond motifs is 1. The molecule has 1 aliphatic carbocycles. The van der Waals surface area contributed by atoms with Gasteiger partial charge in [0.05, 0.1) is 5.69 Å². The first-order valence-corrected chi connectivity index (χ1v) is 9.16. The molecule has 3 rings (SSSR count). The van der Waals surface area contributed by atoms with E-state index in [-0.39, 0.29) is 24.3 Å². The zero-order chi connectivity index (χ0) is 17.8. The number of amides is 2. The summed E-state index contributed by atoms with van der Waals surface area (Å²) < 4.78 is 5.63. The van der Waals surface area contributed by atoms with Gasteiger partial charge < -0.3 is 20.7 Å². The van der Waals surface area contributed by atoms with Crippen LogP contribution in [0.3, 0.4) is 0 Å². The smallest absolute Gasteiger partial charge is 0.267 e. The van der Waals surface area contributed by atoms with E-state index >= 15 is 0 Å². The van der Waals surface area contributed by atoms with Crippen molar-refractivity contribution in [2.75, 3.05) is 18.0 Å². The Morgan fingerprint density at radius 3 is 2.88 bits per heavy atom. The van der Waals surface area contributed by atoms with Crippen molar-refractivity contribution < 1.29 is 14.3 Å². The highest BCUT2D eigenvalue weighted by molar-refractivity contribution is 6.00. The number of nitrogens with two attached hydrogens (primary N) is 1. The molecule has 25 heavy (non-hydrogen) atoms. The highest BCUT2D eigenvalue weighted by atomic mass is 16.5.